The van der Waals surface area contributed by atoms with Crippen LogP contribution in [0.15, 0.2) is 46.6 Å². The van der Waals surface area contributed by atoms with Crippen LogP contribution in [-0.4, -0.2) is 41.5 Å². The Morgan fingerprint density at radius 3 is 2.90 bits per heavy atom. The van der Waals surface area contributed by atoms with E-state index in [1.807, 2.05) is 24.3 Å². The van der Waals surface area contributed by atoms with Gasteiger partial charge in [0.15, 0.2) is 5.76 Å². The number of carbonyl (C=O) groups excluding carboxylic acids is 2. The Bertz CT molecular complexity index is 1050. The van der Waals surface area contributed by atoms with E-state index in [9.17, 15) is 14.7 Å². The molecule has 7 heteroatoms. The molecule has 0 aliphatic carbocycles. The summed E-state index contributed by atoms with van der Waals surface area (Å²) in [5.74, 6) is 0.112. The lowest BCUT2D eigenvalue weighted by Crippen LogP contribution is -2.39. The Hall–Kier alpha value is -2.64. The third-order valence-corrected chi connectivity index (χ3v) is 6.34. The summed E-state index contributed by atoms with van der Waals surface area (Å²) in [6.07, 6.45) is 3.36. The number of ketones is 1. The Morgan fingerprint density at radius 1 is 1.32 bits per heavy atom. The number of nitrogens with zero attached hydrogens (tertiary/aromatic N) is 1. The van der Waals surface area contributed by atoms with Crippen LogP contribution in [0.1, 0.15) is 41.3 Å². The zero-order chi connectivity index (χ0) is 22.0. The second-order valence-electron chi connectivity index (χ2n) is 7.73. The van der Waals surface area contributed by atoms with Gasteiger partial charge >= 0.3 is 5.97 Å². The number of phenols is 1. The molecular formula is C24H24BrNO5. The maximum Gasteiger partial charge on any atom is 0.310 e. The SMILES string of the molecule is CCOC(=O)C1CCCN(Cc2c(O)ccc3c2O/C(=C\c2ccccc2Br)C3=O)C1. The molecular weight excluding hydrogens is 462 g/mol. The first-order valence-corrected chi connectivity index (χ1v) is 11.2. The van der Waals surface area contributed by atoms with E-state index in [2.05, 4.69) is 20.8 Å². The van der Waals surface area contributed by atoms with E-state index >= 15 is 0 Å². The predicted molar refractivity (Wildman–Crippen MR) is 120 cm³/mol. The highest BCUT2D eigenvalue weighted by Gasteiger charge is 2.33. The van der Waals surface area contributed by atoms with Crippen LogP contribution in [0.4, 0.5) is 0 Å². The number of ether oxygens (including phenoxy) is 2. The van der Waals surface area contributed by atoms with Gasteiger partial charge in [-0.15, -0.1) is 0 Å². The Labute approximate surface area is 189 Å². The van der Waals surface area contributed by atoms with Crippen molar-refractivity contribution in [1.82, 2.24) is 4.90 Å². The predicted octanol–water partition coefficient (Wildman–Crippen LogP) is 4.55. The highest BCUT2D eigenvalue weighted by Crippen LogP contribution is 2.41. The molecule has 31 heavy (non-hydrogen) atoms. The maximum atomic E-state index is 12.9. The molecule has 162 valence electrons. The summed E-state index contributed by atoms with van der Waals surface area (Å²) in [4.78, 5) is 27.2. The van der Waals surface area contributed by atoms with Crippen LogP contribution in [0.25, 0.3) is 6.08 Å². The minimum atomic E-state index is -0.213. The van der Waals surface area contributed by atoms with Crippen molar-refractivity contribution in [3.8, 4) is 11.5 Å². The molecule has 1 N–H and O–H groups in total. The summed E-state index contributed by atoms with van der Waals surface area (Å²) in [6, 6.07) is 10.7. The molecule has 0 spiro atoms. The molecule has 2 aromatic carbocycles. The van der Waals surface area contributed by atoms with Crippen LogP contribution in [0.2, 0.25) is 0 Å². The van der Waals surface area contributed by atoms with Gasteiger partial charge < -0.3 is 14.6 Å². The fourth-order valence-corrected chi connectivity index (χ4v) is 4.46. The number of benzene rings is 2. The number of rotatable bonds is 5. The number of hydrogen-bond donors (Lipinski definition) is 1. The Balaban J connectivity index is 1.58. The molecule has 2 aromatic rings. The van der Waals surface area contributed by atoms with E-state index in [4.69, 9.17) is 9.47 Å². The first-order chi connectivity index (χ1) is 15.0. The molecule has 2 aliphatic heterocycles. The summed E-state index contributed by atoms with van der Waals surface area (Å²) in [5.41, 5.74) is 1.83. The van der Waals surface area contributed by atoms with Crippen LogP contribution in [-0.2, 0) is 16.1 Å². The number of aromatic hydroxyl groups is 1. The minimum Gasteiger partial charge on any atom is -0.507 e. The van der Waals surface area contributed by atoms with Gasteiger partial charge in [-0.1, -0.05) is 34.1 Å². The molecule has 0 aromatic heterocycles. The van der Waals surface area contributed by atoms with Crippen molar-refractivity contribution in [2.75, 3.05) is 19.7 Å². The highest BCUT2D eigenvalue weighted by molar-refractivity contribution is 9.10. The van der Waals surface area contributed by atoms with Crippen molar-refractivity contribution in [3.63, 3.8) is 0 Å². The van der Waals surface area contributed by atoms with Gasteiger partial charge in [0.2, 0.25) is 5.78 Å². The molecule has 0 radical (unpaired) electrons. The zero-order valence-electron chi connectivity index (χ0n) is 17.3. The summed E-state index contributed by atoms with van der Waals surface area (Å²) >= 11 is 3.48. The van der Waals surface area contributed by atoms with E-state index in [1.165, 1.54) is 6.07 Å². The second-order valence-corrected chi connectivity index (χ2v) is 8.58. The molecule has 1 unspecified atom stereocenters. The molecule has 2 heterocycles. The quantitative estimate of drug-likeness (QED) is 0.494. The number of Topliss-reactive ketones (excluding diaryl/α,β-unsaturated/α-hetero) is 1. The van der Waals surface area contributed by atoms with Gasteiger partial charge in [0, 0.05) is 17.6 Å². The minimum absolute atomic E-state index is 0.0759. The van der Waals surface area contributed by atoms with Gasteiger partial charge in [0.25, 0.3) is 0 Å². The molecule has 6 nitrogen and oxygen atoms in total. The lowest BCUT2D eigenvalue weighted by molar-refractivity contribution is -0.150. The number of allylic oxidation sites excluding steroid dienone is 1. The molecule has 0 saturated carbocycles. The summed E-state index contributed by atoms with van der Waals surface area (Å²) < 4.78 is 12.0. The van der Waals surface area contributed by atoms with Crippen LogP contribution >= 0.6 is 15.9 Å². The fourth-order valence-electron chi connectivity index (χ4n) is 4.06. The van der Waals surface area contributed by atoms with Crippen molar-refractivity contribution in [1.29, 1.82) is 0 Å². The lowest BCUT2D eigenvalue weighted by Gasteiger charge is -2.31. The molecule has 1 saturated heterocycles. The summed E-state index contributed by atoms with van der Waals surface area (Å²) in [7, 11) is 0. The van der Waals surface area contributed by atoms with E-state index in [0.717, 1.165) is 29.4 Å². The maximum absolute atomic E-state index is 12.9. The standard InChI is InChI=1S/C24H24BrNO5/c1-2-30-24(29)16-7-5-11-26(13-16)14-18-20(27)10-9-17-22(28)21(31-23(17)18)12-15-6-3-4-8-19(15)25/h3-4,6,8-10,12,16,27H,2,5,7,11,13-14H2,1H3/b21-12-. The van der Waals surface area contributed by atoms with Crippen LogP contribution < -0.4 is 4.74 Å². The smallest absolute Gasteiger partial charge is 0.310 e. The first kappa shape index (κ1) is 21.6. The van der Waals surface area contributed by atoms with Gasteiger partial charge in [0.1, 0.15) is 11.5 Å². The van der Waals surface area contributed by atoms with Gasteiger partial charge in [-0.25, -0.2) is 0 Å². The van der Waals surface area contributed by atoms with E-state index in [0.29, 0.717) is 36.6 Å². The number of halogens is 1. The number of piperidine rings is 1. The van der Waals surface area contributed by atoms with E-state index in [1.54, 1.807) is 19.1 Å². The number of carbonyl (C=O) groups is 2. The van der Waals surface area contributed by atoms with Gasteiger partial charge in [0.05, 0.1) is 23.7 Å². The number of likely N-dealkylation sites (tertiary alicyclic amines) is 1. The Morgan fingerprint density at radius 2 is 2.13 bits per heavy atom. The lowest BCUT2D eigenvalue weighted by atomic mass is 9.97. The van der Waals surface area contributed by atoms with Crippen molar-refractivity contribution >= 4 is 33.8 Å². The third kappa shape index (κ3) is 4.52. The van der Waals surface area contributed by atoms with Crippen LogP contribution in [0.5, 0.6) is 11.5 Å². The topological polar surface area (TPSA) is 76.1 Å². The van der Waals surface area contributed by atoms with Gasteiger partial charge in [-0.2, -0.15) is 0 Å². The van der Waals surface area contributed by atoms with E-state index < -0.39 is 0 Å². The van der Waals surface area contributed by atoms with Gasteiger partial charge in [-0.3, -0.25) is 14.5 Å². The number of hydrogen-bond acceptors (Lipinski definition) is 6. The molecule has 1 atom stereocenters. The summed E-state index contributed by atoms with van der Waals surface area (Å²) in [6.45, 7) is 3.91. The molecule has 4 rings (SSSR count). The highest BCUT2D eigenvalue weighted by atomic mass is 79.9. The average Bonchev–Trinajstić information content (AvgIpc) is 3.08. The van der Waals surface area contributed by atoms with E-state index in [-0.39, 0.29) is 29.2 Å². The molecule has 1 fully saturated rings. The Kier molecular flexibility index (Phi) is 6.43. The monoisotopic (exact) mass is 485 g/mol. The molecule has 2 aliphatic rings. The largest absolute Gasteiger partial charge is 0.507 e. The summed E-state index contributed by atoms with van der Waals surface area (Å²) in [5, 5.41) is 10.5. The fraction of sp³-hybridized carbons (Fsp3) is 0.333. The third-order valence-electron chi connectivity index (χ3n) is 5.62. The van der Waals surface area contributed by atoms with Crippen molar-refractivity contribution in [2.24, 2.45) is 5.92 Å². The van der Waals surface area contributed by atoms with Crippen molar-refractivity contribution in [3.05, 3.63) is 63.3 Å². The normalized spacial score (nSPS) is 19.9. The number of esters is 1. The second kappa shape index (κ2) is 9.24. The zero-order valence-corrected chi connectivity index (χ0v) is 18.9. The van der Waals surface area contributed by atoms with Crippen molar-refractivity contribution < 1.29 is 24.2 Å². The van der Waals surface area contributed by atoms with Crippen molar-refractivity contribution in [2.45, 2.75) is 26.3 Å². The van der Waals surface area contributed by atoms with Crippen LogP contribution in [0.3, 0.4) is 0 Å². The van der Waals surface area contributed by atoms with Gasteiger partial charge in [-0.05, 0) is 56.1 Å². The first-order valence-electron chi connectivity index (χ1n) is 10.4. The molecule has 0 amide bonds. The van der Waals surface area contributed by atoms with Crippen LogP contribution in [0, 0.1) is 5.92 Å². The average molecular weight is 486 g/mol. The molecule has 0 bridgehead atoms. The number of fused-ring (bicyclic) bond motifs is 1. The number of phenolic OH excluding ortho intramolecular Hbond substituents is 1.